The smallest absolute Gasteiger partial charge is 0.311 e. The second-order valence-electron chi connectivity index (χ2n) is 5.02. The molecule has 3 nitrogen and oxygen atoms in total. The predicted molar refractivity (Wildman–Crippen MR) is 56.4 cm³/mol. The number of carboxylic acid groups (broad SMARTS) is 1. The lowest BCUT2D eigenvalue weighted by Gasteiger charge is -2.40. The summed E-state index contributed by atoms with van der Waals surface area (Å²) in [6.07, 6.45) is 5.99. The van der Waals surface area contributed by atoms with Gasteiger partial charge in [0, 0.05) is 0 Å². The fraction of sp³-hybridized carbons (Fsp3) is 0.750. The van der Waals surface area contributed by atoms with Crippen LogP contribution < -0.4 is 0 Å². The normalized spacial score (nSPS) is 34.1. The highest BCUT2D eigenvalue weighted by Crippen LogP contribution is 2.52. The third-order valence-corrected chi connectivity index (χ3v) is 3.98. The molecule has 0 heterocycles. The highest BCUT2D eigenvalue weighted by molar-refractivity contribution is 5.75. The Balaban J connectivity index is 2.36. The van der Waals surface area contributed by atoms with Gasteiger partial charge >= 0.3 is 5.97 Å². The number of aliphatic carboxylic acids is 1. The van der Waals surface area contributed by atoms with Crippen LogP contribution in [0.25, 0.3) is 0 Å². The van der Waals surface area contributed by atoms with Gasteiger partial charge < -0.3 is 10.2 Å². The van der Waals surface area contributed by atoms with Crippen LogP contribution in [0.1, 0.15) is 39.0 Å². The number of aliphatic hydroxyl groups excluding tert-OH is 1. The second kappa shape index (κ2) is 3.63. The van der Waals surface area contributed by atoms with Crippen molar-refractivity contribution in [2.24, 2.45) is 11.3 Å². The summed E-state index contributed by atoms with van der Waals surface area (Å²) in [6, 6.07) is 0. The zero-order valence-electron chi connectivity index (χ0n) is 9.07. The first-order valence-corrected chi connectivity index (χ1v) is 5.64. The van der Waals surface area contributed by atoms with E-state index in [1.807, 2.05) is 6.92 Å². The molecule has 15 heavy (non-hydrogen) atoms. The number of rotatable bonds is 1. The Bertz CT molecular complexity index is 300. The van der Waals surface area contributed by atoms with Crippen molar-refractivity contribution in [1.82, 2.24) is 0 Å². The lowest BCUT2D eigenvalue weighted by Crippen LogP contribution is -2.40. The highest BCUT2D eigenvalue weighted by Gasteiger charge is 2.48. The standard InChI is InChI=1S/C12H18O3/c1-8-6-9(13)7-12(4-2-3-5-12)10(8)11(14)15/h6,9-10,13H,2-5,7H2,1H3,(H,14,15)/t9-,10+/m0/s1. The molecule has 1 fully saturated rings. The molecule has 0 radical (unpaired) electrons. The van der Waals surface area contributed by atoms with Gasteiger partial charge in [-0.05, 0) is 31.6 Å². The summed E-state index contributed by atoms with van der Waals surface area (Å²) in [5.74, 6) is -1.10. The van der Waals surface area contributed by atoms with Gasteiger partial charge in [-0.1, -0.05) is 24.5 Å². The van der Waals surface area contributed by atoms with Crippen molar-refractivity contribution >= 4 is 5.97 Å². The van der Waals surface area contributed by atoms with Crippen LogP contribution in [-0.4, -0.2) is 22.3 Å². The first-order valence-electron chi connectivity index (χ1n) is 5.64. The molecule has 0 amide bonds. The summed E-state index contributed by atoms with van der Waals surface area (Å²) in [6.45, 7) is 1.83. The van der Waals surface area contributed by atoms with Crippen LogP contribution >= 0.6 is 0 Å². The predicted octanol–water partition coefficient (Wildman–Crippen LogP) is 1.96. The Hall–Kier alpha value is -0.830. The first kappa shape index (κ1) is 10.7. The molecule has 1 saturated carbocycles. The van der Waals surface area contributed by atoms with E-state index in [2.05, 4.69) is 0 Å². The Labute approximate surface area is 89.8 Å². The first-order chi connectivity index (χ1) is 7.05. The molecule has 0 unspecified atom stereocenters. The van der Waals surface area contributed by atoms with Gasteiger partial charge in [-0.3, -0.25) is 4.79 Å². The molecule has 1 spiro atoms. The van der Waals surface area contributed by atoms with Crippen molar-refractivity contribution < 1.29 is 15.0 Å². The van der Waals surface area contributed by atoms with E-state index in [9.17, 15) is 15.0 Å². The molecule has 2 N–H and O–H groups in total. The molecule has 2 rings (SSSR count). The van der Waals surface area contributed by atoms with Gasteiger partial charge in [-0.25, -0.2) is 0 Å². The maximum Gasteiger partial charge on any atom is 0.311 e. The summed E-state index contributed by atoms with van der Waals surface area (Å²) in [4.78, 5) is 11.3. The molecule has 0 aromatic carbocycles. The van der Waals surface area contributed by atoms with Crippen molar-refractivity contribution in [3.8, 4) is 0 Å². The maximum absolute atomic E-state index is 11.3. The fourth-order valence-corrected chi connectivity index (χ4v) is 3.50. The molecule has 2 aliphatic rings. The van der Waals surface area contributed by atoms with E-state index in [0.29, 0.717) is 6.42 Å². The topological polar surface area (TPSA) is 57.5 Å². The minimum absolute atomic E-state index is 0.163. The molecular formula is C12H18O3. The summed E-state index contributed by atoms with van der Waals surface area (Å²) in [5, 5.41) is 19.0. The van der Waals surface area contributed by atoms with Crippen molar-refractivity contribution in [1.29, 1.82) is 0 Å². The molecule has 0 aromatic heterocycles. The average molecular weight is 210 g/mol. The van der Waals surface area contributed by atoms with Gasteiger partial charge in [0.2, 0.25) is 0 Å². The van der Waals surface area contributed by atoms with Gasteiger partial charge in [0.15, 0.2) is 0 Å². The van der Waals surface area contributed by atoms with E-state index in [1.54, 1.807) is 6.08 Å². The quantitative estimate of drug-likeness (QED) is 0.650. The SMILES string of the molecule is CC1=C[C@H](O)CC2(CCCC2)[C@H]1C(=O)O. The molecule has 2 atom stereocenters. The number of hydrogen-bond acceptors (Lipinski definition) is 2. The van der Waals surface area contributed by atoms with Crippen LogP contribution in [0.5, 0.6) is 0 Å². The zero-order valence-corrected chi connectivity index (χ0v) is 9.07. The molecule has 2 aliphatic carbocycles. The zero-order chi connectivity index (χ0) is 11.1. The third kappa shape index (κ3) is 1.69. The number of carbonyl (C=O) groups is 1. The van der Waals surface area contributed by atoms with Crippen molar-refractivity contribution in [3.05, 3.63) is 11.6 Å². The number of hydrogen-bond donors (Lipinski definition) is 2. The Kier molecular flexibility index (Phi) is 2.59. The van der Waals surface area contributed by atoms with Gasteiger partial charge in [-0.15, -0.1) is 0 Å². The van der Waals surface area contributed by atoms with Crippen LogP contribution in [0.2, 0.25) is 0 Å². The van der Waals surface area contributed by atoms with Crippen molar-refractivity contribution in [3.63, 3.8) is 0 Å². The van der Waals surface area contributed by atoms with E-state index in [-0.39, 0.29) is 11.3 Å². The van der Waals surface area contributed by atoms with E-state index in [1.165, 1.54) is 0 Å². The third-order valence-electron chi connectivity index (χ3n) is 3.98. The van der Waals surface area contributed by atoms with E-state index >= 15 is 0 Å². The molecular weight excluding hydrogens is 192 g/mol. The Morgan fingerprint density at radius 1 is 1.47 bits per heavy atom. The lowest BCUT2D eigenvalue weighted by molar-refractivity contribution is -0.146. The van der Waals surface area contributed by atoms with Gasteiger partial charge in [0.05, 0.1) is 12.0 Å². The van der Waals surface area contributed by atoms with Crippen LogP contribution in [-0.2, 0) is 4.79 Å². The van der Waals surface area contributed by atoms with Crippen LogP contribution in [0.15, 0.2) is 11.6 Å². The van der Waals surface area contributed by atoms with Crippen LogP contribution in [0.3, 0.4) is 0 Å². The monoisotopic (exact) mass is 210 g/mol. The van der Waals surface area contributed by atoms with Crippen LogP contribution in [0.4, 0.5) is 0 Å². The summed E-state index contributed by atoms with van der Waals surface area (Å²) in [7, 11) is 0. The Morgan fingerprint density at radius 2 is 2.07 bits per heavy atom. The largest absolute Gasteiger partial charge is 0.481 e. The van der Waals surface area contributed by atoms with E-state index < -0.39 is 12.1 Å². The van der Waals surface area contributed by atoms with Gasteiger partial charge in [-0.2, -0.15) is 0 Å². The Morgan fingerprint density at radius 3 is 2.60 bits per heavy atom. The highest BCUT2D eigenvalue weighted by atomic mass is 16.4. The molecule has 0 saturated heterocycles. The minimum atomic E-state index is -0.724. The summed E-state index contributed by atoms with van der Waals surface area (Å²) in [5.41, 5.74) is 0.674. The van der Waals surface area contributed by atoms with E-state index in [4.69, 9.17) is 0 Å². The molecule has 0 aliphatic heterocycles. The summed E-state index contributed by atoms with van der Waals surface area (Å²) < 4.78 is 0. The van der Waals surface area contributed by atoms with Gasteiger partial charge in [0.1, 0.15) is 0 Å². The van der Waals surface area contributed by atoms with Gasteiger partial charge in [0.25, 0.3) is 0 Å². The van der Waals surface area contributed by atoms with Crippen molar-refractivity contribution in [2.45, 2.75) is 45.1 Å². The van der Waals surface area contributed by atoms with E-state index in [0.717, 1.165) is 31.3 Å². The summed E-state index contributed by atoms with van der Waals surface area (Å²) >= 11 is 0. The lowest BCUT2D eigenvalue weighted by atomic mass is 9.64. The molecule has 3 heteroatoms. The number of aliphatic hydroxyl groups is 1. The molecule has 0 bridgehead atoms. The average Bonchev–Trinajstić information content (AvgIpc) is 2.50. The second-order valence-corrected chi connectivity index (χ2v) is 5.02. The van der Waals surface area contributed by atoms with Crippen molar-refractivity contribution in [2.75, 3.05) is 0 Å². The molecule has 0 aromatic rings. The maximum atomic E-state index is 11.3. The van der Waals surface area contributed by atoms with Crippen LogP contribution in [0, 0.1) is 11.3 Å². The fourth-order valence-electron chi connectivity index (χ4n) is 3.50. The number of carboxylic acids is 1. The minimum Gasteiger partial charge on any atom is -0.481 e. The molecule has 84 valence electrons.